The molecule has 1 heterocycles. The Hall–Kier alpha value is -1.75. The molecule has 0 amide bonds. The summed E-state index contributed by atoms with van der Waals surface area (Å²) in [5, 5.41) is 11.1. The Morgan fingerprint density at radius 3 is 2.58 bits per heavy atom. The average molecular weight is 375 g/mol. The normalized spacial score (nSPS) is 16.5. The maximum atomic E-state index is 10.3. The van der Waals surface area contributed by atoms with E-state index in [1.54, 1.807) is 0 Å². The molecule has 0 aliphatic carbocycles. The number of aryl methyl sites for hydroxylation is 2. The number of β-amino-alcohol motifs (C(OH)–C–C–N with tert-alkyl or cyclic N) is 1. The van der Waals surface area contributed by atoms with Gasteiger partial charge in [0.1, 0.15) is 18.5 Å². The van der Waals surface area contributed by atoms with Crippen LogP contribution in [0, 0.1) is 13.8 Å². The average Bonchev–Trinajstić information content (AvgIpc) is 2.63. The Morgan fingerprint density at radius 2 is 1.85 bits per heavy atom. The number of nitrogens with zero attached hydrogens (tertiary/aromatic N) is 2. The van der Waals surface area contributed by atoms with E-state index in [4.69, 9.17) is 16.3 Å². The SMILES string of the molecule is Cc1ccc(C)c(OC[C@H](O)CN2CCN(c3cccc(Cl)c3)CC2)c1. The summed E-state index contributed by atoms with van der Waals surface area (Å²) in [7, 11) is 0. The molecule has 0 aromatic heterocycles. The van der Waals surface area contributed by atoms with E-state index in [0.29, 0.717) is 13.2 Å². The van der Waals surface area contributed by atoms with Gasteiger partial charge in [-0.25, -0.2) is 0 Å². The second-order valence-electron chi connectivity index (χ2n) is 7.00. The van der Waals surface area contributed by atoms with Crippen LogP contribution in [0.5, 0.6) is 5.75 Å². The predicted octanol–water partition coefficient (Wildman–Crippen LogP) is 3.52. The van der Waals surface area contributed by atoms with Gasteiger partial charge < -0.3 is 14.7 Å². The lowest BCUT2D eigenvalue weighted by atomic mass is 10.1. The minimum atomic E-state index is -0.493. The quantitative estimate of drug-likeness (QED) is 0.839. The number of ether oxygens (including phenoxy) is 1. The molecule has 0 spiro atoms. The summed E-state index contributed by atoms with van der Waals surface area (Å²) in [6, 6.07) is 14.1. The lowest BCUT2D eigenvalue weighted by Crippen LogP contribution is -2.49. The standard InChI is InChI=1S/C21H27ClN2O2/c1-16-6-7-17(2)21(12-16)26-15-20(25)14-23-8-10-24(11-9-23)19-5-3-4-18(22)13-19/h3-7,12-13,20,25H,8-11,14-15H2,1-2H3/t20-/m1/s1. The van der Waals surface area contributed by atoms with Gasteiger partial charge in [-0.15, -0.1) is 0 Å². The smallest absolute Gasteiger partial charge is 0.122 e. The summed E-state index contributed by atoms with van der Waals surface area (Å²) in [6.45, 7) is 8.74. The van der Waals surface area contributed by atoms with Crippen LogP contribution in [0.1, 0.15) is 11.1 Å². The van der Waals surface area contributed by atoms with Crippen LogP contribution in [0.3, 0.4) is 0 Å². The molecule has 0 radical (unpaired) electrons. The largest absolute Gasteiger partial charge is 0.491 e. The fraction of sp³-hybridized carbons (Fsp3) is 0.429. The van der Waals surface area contributed by atoms with Crippen LogP contribution in [-0.4, -0.2) is 55.4 Å². The van der Waals surface area contributed by atoms with Gasteiger partial charge in [0.05, 0.1) is 0 Å². The second kappa shape index (κ2) is 8.76. The van der Waals surface area contributed by atoms with Gasteiger partial charge in [-0.1, -0.05) is 29.8 Å². The van der Waals surface area contributed by atoms with Gasteiger partial charge >= 0.3 is 0 Å². The molecule has 5 heteroatoms. The molecule has 4 nitrogen and oxygen atoms in total. The molecule has 1 atom stereocenters. The van der Waals surface area contributed by atoms with Crippen molar-refractivity contribution in [2.75, 3.05) is 44.2 Å². The molecular formula is C21H27ClN2O2. The summed E-state index contributed by atoms with van der Waals surface area (Å²) in [5.41, 5.74) is 3.42. The van der Waals surface area contributed by atoms with Gasteiger partial charge in [-0.05, 0) is 49.2 Å². The fourth-order valence-electron chi connectivity index (χ4n) is 3.26. The third kappa shape index (κ3) is 5.13. The zero-order chi connectivity index (χ0) is 18.5. The summed E-state index contributed by atoms with van der Waals surface area (Å²) in [6.07, 6.45) is -0.493. The molecule has 1 N–H and O–H groups in total. The minimum absolute atomic E-state index is 0.318. The number of benzene rings is 2. The minimum Gasteiger partial charge on any atom is -0.491 e. The van der Waals surface area contributed by atoms with E-state index >= 15 is 0 Å². The lowest BCUT2D eigenvalue weighted by molar-refractivity contribution is 0.0660. The van der Waals surface area contributed by atoms with E-state index in [1.165, 1.54) is 0 Å². The first-order chi connectivity index (χ1) is 12.5. The molecule has 2 aromatic rings. The first-order valence-electron chi connectivity index (χ1n) is 9.12. The fourth-order valence-corrected chi connectivity index (χ4v) is 3.45. The van der Waals surface area contributed by atoms with E-state index in [2.05, 4.69) is 21.9 Å². The highest BCUT2D eigenvalue weighted by atomic mass is 35.5. The van der Waals surface area contributed by atoms with Crippen molar-refractivity contribution in [2.45, 2.75) is 20.0 Å². The second-order valence-corrected chi connectivity index (χ2v) is 7.44. The van der Waals surface area contributed by atoms with Crippen LogP contribution in [0.25, 0.3) is 0 Å². The topological polar surface area (TPSA) is 35.9 Å². The zero-order valence-corrected chi connectivity index (χ0v) is 16.2. The molecule has 140 valence electrons. The van der Waals surface area contributed by atoms with Gasteiger partial charge in [-0.2, -0.15) is 0 Å². The van der Waals surface area contributed by atoms with E-state index in [1.807, 2.05) is 44.2 Å². The van der Waals surface area contributed by atoms with Crippen molar-refractivity contribution in [3.05, 3.63) is 58.6 Å². The molecule has 1 aliphatic rings. The highest BCUT2D eigenvalue weighted by Gasteiger charge is 2.20. The van der Waals surface area contributed by atoms with Gasteiger partial charge in [0.15, 0.2) is 0 Å². The molecule has 1 saturated heterocycles. The maximum Gasteiger partial charge on any atom is 0.122 e. The Bertz CT molecular complexity index is 730. The summed E-state index contributed by atoms with van der Waals surface area (Å²) in [5.74, 6) is 0.856. The van der Waals surface area contributed by atoms with E-state index in [9.17, 15) is 5.11 Å². The van der Waals surface area contributed by atoms with Crippen LogP contribution >= 0.6 is 11.6 Å². The number of halogens is 1. The van der Waals surface area contributed by atoms with Crippen LogP contribution in [-0.2, 0) is 0 Å². The van der Waals surface area contributed by atoms with Gasteiger partial charge in [0.2, 0.25) is 0 Å². The van der Waals surface area contributed by atoms with E-state index in [0.717, 1.165) is 53.8 Å². The Balaban J connectivity index is 1.44. The number of anilines is 1. The van der Waals surface area contributed by atoms with Crippen molar-refractivity contribution in [2.24, 2.45) is 0 Å². The zero-order valence-electron chi connectivity index (χ0n) is 15.5. The highest BCUT2D eigenvalue weighted by Crippen LogP contribution is 2.21. The van der Waals surface area contributed by atoms with Crippen molar-refractivity contribution in [1.29, 1.82) is 0 Å². The number of piperazine rings is 1. The molecule has 0 bridgehead atoms. The predicted molar refractivity (Wildman–Crippen MR) is 108 cm³/mol. The number of hydrogen-bond acceptors (Lipinski definition) is 4. The lowest BCUT2D eigenvalue weighted by Gasteiger charge is -2.37. The first kappa shape index (κ1) is 19.0. The third-order valence-corrected chi connectivity index (χ3v) is 5.02. The number of aliphatic hydroxyl groups is 1. The Kier molecular flexibility index (Phi) is 6.41. The van der Waals surface area contributed by atoms with Crippen molar-refractivity contribution in [3.8, 4) is 5.75 Å². The monoisotopic (exact) mass is 374 g/mol. The Morgan fingerprint density at radius 1 is 1.08 bits per heavy atom. The van der Waals surface area contributed by atoms with Crippen molar-refractivity contribution >= 4 is 17.3 Å². The molecule has 0 unspecified atom stereocenters. The van der Waals surface area contributed by atoms with Crippen molar-refractivity contribution in [1.82, 2.24) is 4.90 Å². The van der Waals surface area contributed by atoms with Gasteiger partial charge in [0, 0.05) is 43.4 Å². The van der Waals surface area contributed by atoms with Gasteiger partial charge in [0.25, 0.3) is 0 Å². The third-order valence-electron chi connectivity index (χ3n) is 4.79. The molecule has 0 saturated carbocycles. The molecule has 3 rings (SSSR count). The molecule has 2 aromatic carbocycles. The number of hydrogen-bond donors (Lipinski definition) is 1. The van der Waals surface area contributed by atoms with Crippen LogP contribution in [0.4, 0.5) is 5.69 Å². The van der Waals surface area contributed by atoms with Crippen molar-refractivity contribution < 1.29 is 9.84 Å². The number of aliphatic hydroxyl groups excluding tert-OH is 1. The maximum absolute atomic E-state index is 10.3. The Labute approximate surface area is 160 Å². The summed E-state index contributed by atoms with van der Waals surface area (Å²) in [4.78, 5) is 4.62. The van der Waals surface area contributed by atoms with Crippen LogP contribution < -0.4 is 9.64 Å². The van der Waals surface area contributed by atoms with E-state index < -0.39 is 6.10 Å². The highest BCUT2D eigenvalue weighted by molar-refractivity contribution is 6.30. The van der Waals surface area contributed by atoms with Gasteiger partial charge in [-0.3, -0.25) is 4.90 Å². The molecular weight excluding hydrogens is 348 g/mol. The van der Waals surface area contributed by atoms with Crippen molar-refractivity contribution in [3.63, 3.8) is 0 Å². The first-order valence-corrected chi connectivity index (χ1v) is 9.50. The molecule has 26 heavy (non-hydrogen) atoms. The van der Waals surface area contributed by atoms with Crippen LogP contribution in [0.2, 0.25) is 5.02 Å². The van der Waals surface area contributed by atoms with E-state index in [-0.39, 0.29) is 0 Å². The molecule has 1 aliphatic heterocycles. The summed E-state index contributed by atoms with van der Waals surface area (Å²) >= 11 is 6.08. The van der Waals surface area contributed by atoms with Crippen LogP contribution in [0.15, 0.2) is 42.5 Å². The number of rotatable bonds is 6. The summed E-state index contributed by atoms with van der Waals surface area (Å²) < 4.78 is 5.82. The molecule has 1 fully saturated rings.